The molecular weight excluding hydrogens is 376 g/mol. The summed E-state index contributed by atoms with van der Waals surface area (Å²) in [7, 11) is -15.0. The number of hydrogen-bond donors (Lipinski definition) is 2. The first kappa shape index (κ1) is 30.7. The predicted molar refractivity (Wildman–Crippen MR) is 40.9 cm³/mol. The minimum Gasteiger partial charge on any atom is -0.759 e. The molecule has 0 aromatic carbocycles. The molecule has 0 bridgehead atoms. The van der Waals surface area contributed by atoms with Crippen molar-refractivity contribution in [2.24, 2.45) is 0 Å². The largest absolute Gasteiger partial charge is 2.00 e. The van der Waals surface area contributed by atoms with Crippen LogP contribution in [0.1, 0.15) is 0 Å². The normalized spacial score (nSPS) is 10.2. The van der Waals surface area contributed by atoms with Gasteiger partial charge in [-0.1, -0.05) is 0 Å². The Labute approximate surface area is 123 Å². The standard InChI is InChI=1S/Cu.Mg.3H2O4S/c;;3*1-5(2,3)4/h;;3*(H2,1,2,3,4)/q2*+2;;;/p-4. The second-order valence-electron chi connectivity index (χ2n) is 1.26. The van der Waals surface area contributed by atoms with Crippen LogP contribution in [-0.2, 0) is 48.3 Å². The van der Waals surface area contributed by atoms with Crippen LogP contribution in [0.15, 0.2) is 0 Å². The SMILES string of the molecule is O=S(=O)(O)O.O=S(=O)([O-])[O-].O=S(=O)([O-])[O-].[Cu+2].[Mg+2]. The molecule has 2 N–H and O–H groups in total. The van der Waals surface area contributed by atoms with E-state index >= 15 is 0 Å². The van der Waals surface area contributed by atoms with E-state index in [9.17, 15) is 0 Å². The summed E-state index contributed by atoms with van der Waals surface area (Å²) in [6, 6.07) is 0. The second-order valence-corrected chi connectivity index (χ2v) is 3.79. The molecule has 105 valence electrons. The average molecular weight is 378 g/mol. The Morgan fingerprint density at radius 2 is 0.647 bits per heavy atom. The van der Waals surface area contributed by atoms with E-state index in [1.54, 1.807) is 0 Å². The fraction of sp³-hybridized carbons (Fsp3) is 0. The minimum absolute atomic E-state index is 0. The molecule has 0 aliphatic heterocycles. The Bertz CT molecular complexity index is 343. The van der Waals surface area contributed by atoms with Gasteiger partial charge in [-0.25, -0.2) is 0 Å². The molecule has 0 aromatic heterocycles. The van der Waals surface area contributed by atoms with Crippen molar-refractivity contribution in [2.75, 3.05) is 0 Å². The molecule has 0 saturated heterocycles. The van der Waals surface area contributed by atoms with Gasteiger partial charge in [0.2, 0.25) is 0 Å². The molecule has 0 spiro atoms. The molecule has 17 heteroatoms. The van der Waals surface area contributed by atoms with E-state index in [0.717, 1.165) is 0 Å². The van der Waals surface area contributed by atoms with Gasteiger partial charge < -0.3 is 18.2 Å². The third kappa shape index (κ3) is 4670. The van der Waals surface area contributed by atoms with Crippen molar-refractivity contribution >= 4 is 54.2 Å². The molecule has 1 radical (unpaired) electrons. The van der Waals surface area contributed by atoms with Gasteiger partial charge in [-0.2, -0.15) is 8.42 Å². The Kier molecular flexibility index (Phi) is 21.6. The molecule has 0 aromatic rings. The van der Waals surface area contributed by atoms with E-state index in [4.69, 9.17) is 52.6 Å². The summed E-state index contributed by atoms with van der Waals surface area (Å²) in [5.41, 5.74) is 0. The summed E-state index contributed by atoms with van der Waals surface area (Å²) < 4.78 is 99.7. The third-order valence-corrected chi connectivity index (χ3v) is 0. The summed E-state index contributed by atoms with van der Waals surface area (Å²) in [4.78, 5) is 0. The van der Waals surface area contributed by atoms with Gasteiger partial charge >= 0.3 is 50.5 Å². The first-order valence-corrected chi connectivity index (χ1v) is 6.10. The van der Waals surface area contributed by atoms with E-state index in [-0.39, 0.29) is 40.1 Å². The van der Waals surface area contributed by atoms with E-state index in [1.165, 1.54) is 0 Å². The van der Waals surface area contributed by atoms with Crippen LogP contribution in [0, 0.1) is 0 Å². The molecule has 0 amide bonds. The zero-order chi connectivity index (χ0) is 13.5. The first-order valence-electron chi connectivity index (χ1n) is 2.03. The Morgan fingerprint density at radius 1 is 0.647 bits per heavy atom. The Morgan fingerprint density at radius 3 is 0.647 bits per heavy atom. The van der Waals surface area contributed by atoms with Gasteiger partial charge in [-0.05, 0) is 0 Å². The van der Waals surface area contributed by atoms with Gasteiger partial charge in [-0.3, -0.25) is 25.9 Å². The maximum atomic E-state index is 8.74. The predicted octanol–water partition coefficient (Wildman–Crippen LogP) is -3.71. The maximum absolute atomic E-state index is 8.74. The fourth-order valence-corrected chi connectivity index (χ4v) is 0. The molecular formula is H2CuMgO12S3. The van der Waals surface area contributed by atoms with Crippen LogP contribution in [0.5, 0.6) is 0 Å². The van der Waals surface area contributed by atoms with Crippen molar-refractivity contribution in [3.63, 3.8) is 0 Å². The fourth-order valence-electron chi connectivity index (χ4n) is 0. The monoisotopic (exact) mass is 377 g/mol. The number of hydrogen-bond acceptors (Lipinski definition) is 10. The van der Waals surface area contributed by atoms with Crippen LogP contribution in [0.3, 0.4) is 0 Å². The molecule has 0 rings (SSSR count). The van der Waals surface area contributed by atoms with Gasteiger partial charge in [0.15, 0.2) is 0 Å². The minimum atomic E-state index is -5.17. The maximum Gasteiger partial charge on any atom is 2.00 e. The quantitative estimate of drug-likeness (QED) is 0.235. The Hall–Kier alpha value is 0.896. The van der Waals surface area contributed by atoms with Crippen LogP contribution in [0.25, 0.3) is 0 Å². The van der Waals surface area contributed by atoms with Crippen LogP contribution < -0.4 is 0 Å². The van der Waals surface area contributed by atoms with Crippen LogP contribution in [0.4, 0.5) is 0 Å². The third-order valence-electron chi connectivity index (χ3n) is 0. The van der Waals surface area contributed by atoms with Crippen molar-refractivity contribution in [1.82, 2.24) is 0 Å². The van der Waals surface area contributed by atoms with Crippen molar-refractivity contribution in [1.29, 1.82) is 0 Å². The molecule has 0 aliphatic carbocycles. The molecule has 0 saturated carbocycles. The van der Waals surface area contributed by atoms with Crippen LogP contribution >= 0.6 is 0 Å². The molecule has 0 heterocycles. The summed E-state index contributed by atoms with van der Waals surface area (Å²) in [5.74, 6) is 0. The summed E-state index contributed by atoms with van der Waals surface area (Å²) in [6.45, 7) is 0. The van der Waals surface area contributed by atoms with Gasteiger partial charge in [0.25, 0.3) is 0 Å². The van der Waals surface area contributed by atoms with Crippen LogP contribution in [0.2, 0.25) is 0 Å². The summed E-state index contributed by atoms with van der Waals surface area (Å²) in [6.07, 6.45) is 0. The van der Waals surface area contributed by atoms with Gasteiger partial charge in [0, 0.05) is 20.8 Å². The molecule has 12 nitrogen and oxygen atoms in total. The molecule has 0 aliphatic rings. The van der Waals surface area contributed by atoms with Crippen molar-refractivity contribution in [3.8, 4) is 0 Å². The van der Waals surface area contributed by atoms with Crippen molar-refractivity contribution < 1.29 is 69.6 Å². The van der Waals surface area contributed by atoms with Crippen molar-refractivity contribution in [2.45, 2.75) is 0 Å². The summed E-state index contributed by atoms with van der Waals surface area (Å²) >= 11 is 0. The van der Waals surface area contributed by atoms with Gasteiger partial charge in [0.1, 0.15) is 0 Å². The number of rotatable bonds is 0. The van der Waals surface area contributed by atoms with Gasteiger partial charge in [0.05, 0.1) is 0 Å². The molecule has 0 fully saturated rings. The molecule has 0 unspecified atom stereocenters. The topological polar surface area (TPSA) is 235 Å². The first-order chi connectivity index (χ1) is 6.00. The van der Waals surface area contributed by atoms with Crippen LogP contribution in [-0.4, -0.2) is 75.6 Å². The average Bonchev–Trinajstić information content (AvgIpc) is 1.41. The Balaban J connectivity index is -0.0000000400. The van der Waals surface area contributed by atoms with Gasteiger partial charge in [-0.15, -0.1) is 0 Å². The van der Waals surface area contributed by atoms with E-state index in [1.807, 2.05) is 0 Å². The zero-order valence-corrected chi connectivity index (χ0v) is 12.0. The van der Waals surface area contributed by atoms with E-state index < -0.39 is 31.2 Å². The summed E-state index contributed by atoms with van der Waals surface area (Å²) in [5, 5.41) is 0. The van der Waals surface area contributed by atoms with E-state index in [0.29, 0.717) is 0 Å². The molecule has 0 atom stereocenters. The van der Waals surface area contributed by atoms with E-state index in [2.05, 4.69) is 0 Å². The zero-order valence-electron chi connectivity index (χ0n) is 7.21. The smallest absolute Gasteiger partial charge is 0.759 e. The molecule has 17 heavy (non-hydrogen) atoms. The van der Waals surface area contributed by atoms with Crippen molar-refractivity contribution in [3.05, 3.63) is 0 Å². The second kappa shape index (κ2) is 12.0.